The first-order valence-electron chi connectivity index (χ1n) is 4.38. The molecule has 0 bridgehead atoms. The zero-order chi connectivity index (χ0) is 12.3. The second-order valence-electron chi connectivity index (χ2n) is 3.18. The van der Waals surface area contributed by atoms with E-state index < -0.39 is 29.4 Å². The number of halogens is 3. The highest BCUT2D eigenvalue weighted by atomic mass is 19.4. The second kappa shape index (κ2) is 4.52. The van der Waals surface area contributed by atoms with Crippen molar-refractivity contribution in [3.8, 4) is 0 Å². The van der Waals surface area contributed by atoms with Crippen molar-refractivity contribution in [3.05, 3.63) is 17.5 Å². The summed E-state index contributed by atoms with van der Waals surface area (Å²) in [6.07, 6.45) is -4.06. The highest BCUT2D eigenvalue weighted by molar-refractivity contribution is 5.95. The average molecular weight is 237 g/mol. The Morgan fingerprint density at radius 1 is 1.69 bits per heavy atom. The number of carbonyl (C=O) groups is 1. The number of carbonyl (C=O) groups excluding carboxylic acids is 1. The lowest BCUT2D eigenvalue weighted by atomic mass is 10.2. The van der Waals surface area contributed by atoms with E-state index in [1.165, 1.54) is 0 Å². The van der Waals surface area contributed by atoms with Crippen LogP contribution in [0.5, 0.6) is 0 Å². The van der Waals surface area contributed by atoms with Gasteiger partial charge in [0, 0.05) is 12.6 Å². The van der Waals surface area contributed by atoms with Gasteiger partial charge in [0.1, 0.15) is 11.8 Å². The Morgan fingerprint density at radius 2 is 2.31 bits per heavy atom. The molecule has 1 atom stereocenters. The van der Waals surface area contributed by atoms with E-state index in [0.29, 0.717) is 6.26 Å². The Hall–Kier alpha value is -1.57. The van der Waals surface area contributed by atoms with Gasteiger partial charge in [0.15, 0.2) is 5.69 Å². The summed E-state index contributed by atoms with van der Waals surface area (Å²) in [6.45, 7) is 1.69. The fourth-order valence-corrected chi connectivity index (χ4v) is 0.963. The molecule has 1 aromatic rings. The van der Waals surface area contributed by atoms with Crippen LogP contribution in [0.3, 0.4) is 0 Å². The van der Waals surface area contributed by atoms with Crippen molar-refractivity contribution >= 4 is 5.91 Å². The molecule has 0 fully saturated rings. The van der Waals surface area contributed by atoms with Gasteiger partial charge in [0.05, 0.1) is 0 Å². The molecule has 1 aromatic heterocycles. The highest BCUT2D eigenvalue weighted by Gasteiger charge is 2.39. The van der Waals surface area contributed by atoms with Crippen molar-refractivity contribution in [2.75, 3.05) is 6.54 Å². The van der Waals surface area contributed by atoms with E-state index in [0.717, 1.165) is 0 Å². The molecule has 0 radical (unpaired) electrons. The van der Waals surface area contributed by atoms with Gasteiger partial charge in [-0.1, -0.05) is 5.16 Å². The van der Waals surface area contributed by atoms with Crippen LogP contribution in [0.1, 0.15) is 23.0 Å². The summed E-state index contributed by atoms with van der Waals surface area (Å²) in [6, 6.07) is -0.427. The van der Waals surface area contributed by atoms with E-state index in [4.69, 9.17) is 5.73 Å². The zero-order valence-corrected chi connectivity index (χ0v) is 8.34. The molecule has 5 nitrogen and oxygen atoms in total. The quantitative estimate of drug-likeness (QED) is 0.813. The maximum atomic E-state index is 12.3. The monoisotopic (exact) mass is 237 g/mol. The van der Waals surface area contributed by atoms with Gasteiger partial charge < -0.3 is 15.6 Å². The molecule has 0 saturated heterocycles. The third-order valence-corrected chi connectivity index (χ3v) is 1.81. The fraction of sp³-hybridized carbons (Fsp3) is 0.500. The lowest BCUT2D eigenvalue weighted by molar-refractivity contribution is -0.143. The highest BCUT2D eigenvalue weighted by Crippen LogP contribution is 2.30. The van der Waals surface area contributed by atoms with Crippen LogP contribution in [-0.2, 0) is 6.18 Å². The Bertz CT molecular complexity index is 375. The van der Waals surface area contributed by atoms with E-state index in [2.05, 4.69) is 15.0 Å². The number of amides is 1. The first-order valence-corrected chi connectivity index (χ1v) is 4.38. The van der Waals surface area contributed by atoms with Gasteiger partial charge in [0.2, 0.25) is 0 Å². The van der Waals surface area contributed by atoms with Crippen molar-refractivity contribution in [1.29, 1.82) is 0 Å². The van der Waals surface area contributed by atoms with E-state index in [-0.39, 0.29) is 6.54 Å². The largest absolute Gasteiger partial charge is 0.437 e. The molecule has 0 aromatic carbocycles. The normalized spacial score (nSPS) is 13.6. The summed E-state index contributed by atoms with van der Waals surface area (Å²) >= 11 is 0. The van der Waals surface area contributed by atoms with Gasteiger partial charge in [0.25, 0.3) is 5.91 Å². The van der Waals surface area contributed by atoms with Crippen LogP contribution in [0.4, 0.5) is 13.2 Å². The molecule has 1 heterocycles. The van der Waals surface area contributed by atoms with E-state index in [1.807, 2.05) is 0 Å². The number of nitrogens with one attached hydrogen (secondary N) is 1. The summed E-state index contributed by atoms with van der Waals surface area (Å²) < 4.78 is 41.1. The van der Waals surface area contributed by atoms with Gasteiger partial charge in [-0.25, -0.2) is 0 Å². The van der Waals surface area contributed by atoms with Crippen molar-refractivity contribution < 1.29 is 22.5 Å². The summed E-state index contributed by atoms with van der Waals surface area (Å²) in [5.41, 5.74) is 3.24. The van der Waals surface area contributed by atoms with Gasteiger partial charge in [-0.05, 0) is 6.92 Å². The molecule has 0 aliphatic carbocycles. The van der Waals surface area contributed by atoms with Crippen LogP contribution in [0.15, 0.2) is 10.8 Å². The number of rotatable bonds is 3. The number of hydrogen-bond donors (Lipinski definition) is 2. The maximum absolute atomic E-state index is 12.3. The zero-order valence-electron chi connectivity index (χ0n) is 8.34. The molecule has 1 amide bonds. The molecule has 1 unspecified atom stereocenters. The Kier molecular flexibility index (Phi) is 3.53. The number of nitrogens with zero attached hydrogens (tertiary/aromatic N) is 1. The van der Waals surface area contributed by atoms with Crippen LogP contribution in [-0.4, -0.2) is 23.7 Å². The summed E-state index contributed by atoms with van der Waals surface area (Å²) in [5.74, 6) is -0.911. The molecular formula is C8H10F3N3O2. The van der Waals surface area contributed by atoms with Gasteiger partial charge in [-0.15, -0.1) is 0 Å². The van der Waals surface area contributed by atoms with Crippen LogP contribution in [0.2, 0.25) is 0 Å². The number of aromatic nitrogens is 1. The molecule has 1 rings (SSSR count). The first-order chi connectivity index (χ1) is 7.36. The molecule has 0 saturated carbocycles. The smallest absolute Gasteiger partial charge is 0.363 e. The van der Waals surface area contributed by atoms with Crippen molar-refractivity contribution in [2.45, 2.75) is 19.1 Å². The van der Waals surface area contributed by atoms with Gasteiger partial charge in [-0.2, -0.15) is 13.2 Å². The second-order valence-corrected chi connectivity index (χ2v) is 3.18. The lowest BCUT2D eigenvalue weighted by Crippen LogP contribution is -2.38. The number of alkyl halides is 3. The topological polar surface area (TPSA) is 81.1 Å². The molecule has 8 heteroatoms. The molecule has 16 heavy (non-hydrogen) atoms. The Balaban J connectivity index is 2.89. The Morgan fingerprint density at radius 3 is 2.81 bits per heavy atom. The fourth-order valence-electron chi connectivity index (χ4n) is 0.963. The number of nitrogens with two attached hydrogens (primary N) is 1. The average Bonchev–Trinajstić information content (AvgIpc) is 2.65. The van der Waals surface area contributed by atoms with E-state index >= 15 is 0 Å². The molecule has 3 N–H and O–H groups in total. The van der Waals surface area contributed by atoms with E-state index in [1.54, 1.807) is 6.92 Å². The minimum atomic E-state index is -4.72. The summed E-state index contributed by atoms with van der Waals surface area (Å²) in [4.78, 5) is 11.4. The molecular weight excluding hydrogens is 227 g/mol. The molecule has 0 aliphatic rings. The van der Waals surface area contributed by atoms with Crippen molar-refractivity contribution in [3.63, 3.8) is 0 Å². The van der Waals surface area contributed by atoms with Crippen molar-refractivity contribution in [2.24, 2.45) is 5.73 Å². The molecule has 0 spiro atoms. The first kappa shape index (κ1) is 12.5. The minimum absolute atomic E-state index is 0.123. The maximum Gasteiger partial charge on any atom is 0.437 e. The SMILES string of the molecule is CC(CN)NC(=O)c1conc1C(F)(F)F. The molecule has 0 aliphatic heterocycles. The standard InChI is InChI=1S/C8H10F3N3O2/c1-4(2-12)13-7(15)5-3-16-14-6(5)8(9,10)11/h3-4H,2,12H2,1H3,(H,13,15). The third kappa shape index (κ3) is 2.72. The van der Waals surface area contributed by atoms with Crippen LogP contribution in [0, 0.1) is 0 Å². The van der Waals surface area contributed by atoms with Crippen LogP contribution >= 0.6 is 0 Å². The van der Waals surface area contributed by atoms with Gasteiger partial charge in [-0.3, -0.25) is 4.79 Å². The molecule has 90 valence electrons. The predicted octanol–water partition coefficient (Wildman–Crippen LogP) is 0.770. The summed E-state index contributed by atoms with van der Waals surface area (Å²) in [7, 11) is 0. The predicted molar refractivity (Wildman–Crippen MR) is 47.5 cm³/mol. The minimum Gasteiger partial charge on any atom is -0.363 e. The Labute approximate surface area is 88.8 Å². The van der Waals surface area contributed by atoms with Crippen LogP contribution in [0.25, 0.3) is 0 Å². The lowest BCUT2D eigenvalue weighted by Gasteiger charge is -2.11. The van der Waals surface area contributed by atoms with Crippen molar-refractivity contribution in [1.82, 2.24) is 10.5 Å². The number of hydrogen-bond acceptors (Lipinski definition) is 4. The third-order valence-electron chi connectivity index (χ3n) is 1.81. The van der Waals surface area contributed by atoms with Crippen LogP contribution < -0.4 is 11.1 Å². The van der Waals surface area contributed by atoms with Gasteiger partial charge >= 0.3 is 6.18 Å². The summed E-state index contributed by atoms with van der Waals surface area (Å²) in [5, 5.41) is 5.03. The van der Waals surface area contributed by atoms with E-state index in [9.17, 15) is 18.0 Å².